The Bertz CT molecular complexity index is 624. The van der Waals surface area contributed by atoms with Gasteiger partial charge < -0.3 is 15.0 Å². The third kappa shape index (κ3) is 1.86. The lowest BCUT2D eigenvalue weighted by Gasteiger charge is -2.26. The van der Waals surface area contributed by atoms with Crippen molar-refractivity contribution in [2.75, 3.05) is 13.2 Å². The molecule has 0 bridgehead atoms. The molecule has 0 radical (unpaired) electrons. The number of nitrogens with zero attached hydrogens (tertiary/aromatic N) is 2. The summed E-state index contributed by atoms with van der Waals surface area (Å²) in [5.41, 5.74) is 8.00. The summed E-state index contributed by atoms with van der Waals surface area (Å²) in [4.78, 5) is 4.77. The number of ether oxygens (including phenoxy) is 1. The second kappa shape index (κ2) is 4.47. The molecule has 2 N–H and O–H groups in total. The van der Waals surface area contributed by atoms with Gasteiger partial charge in [0.05, 0.1) is 29.7 Å². The van der Waals surface area contributed by atoms with Crippen molar-refractivity contribution in [1.29, 1.82) is 0 Å². The van der Waals surface area contributed by atoms with Crippen molar-refractivity contribution in [3.05, 3.63) is 29.0 Å². The molecular weight excluding hydrogens is 262 g/mol. The van der Waals surface area contributed by atoms with Crippen LogP contribution < -0.4 is 5.73 Å². The lowest BCUT2D eigenvalue weighted by molar-refractivity contribution is 0.177. The average Bonchev–Trinajstić information content (AvgIpc) is 2.91. The highest BCUT2D eigenvalue weighted by Gasteiger charge is 2.43. The predicted molar refractivity (Wildman–Crippen MR) is 76.6 cm³/mol. The second-order valence-corrected chi connectivity index (χ2v) is 5.79. The van der Waals surface area contributed by atoms with Crippen LogP contribution in [-0.2, 0) is 16.7 Å². The summed E-state index contributed by atoms with van der Waals surface area (Å²) in [6.07, 6.45) is 0. The van der Waals surface area contributed by atoms with Crippen molar-refractivity contribution in [1.82, 2.24) is 9.55 Å². The van der Waals surface area contributed by atoms with Crippen LogP contribution in [0.15, 0.2) is 18.2 Å². The summed E-state index contributed by atoms with van der Waals surface area (Å²) < 4.78 is 7.73. The van der Waals surface area contributed by atoms with Crippen molar-refractivity contribution in [2.45, 2.75) is 31.8 Å². The minimum absolute atomic E-state index is 0.0231. The van der Waals surface area contributed by atoms with Gasteiger partial charge in [0.1, 0.15) is 5.82 Å². The molecule has 4 nitrogen and oxygen atoms in total. The summed E-state index contributed by atoms with van der Waals surface area (Å²) in [5, 5.41) is 0.728. The van der Waals surface area contributed by atoms with Crippen molar-refractivity contribution >= 4 is 22.6 Å². The lowest BCUT2D eigenvalue weighted by Crippen LogP contribution is -2.43. The van der Waals surface area contributed by atoms with Gasteiger partial charge in [-0.1, -0.05) is 11.6 Å². The Labute approximate surface area is 117 Å². The molecule has 0 aliphatic carbocycles. The quantitative estimate of drug-likeness (QED) is 0.918. The summed E-state index contributed by atoms with van der Waals surface area (Å²) in [6.45, 7) is 6.28. The summed E-state index contributed by atoms with van der Waals surface area (Å²) in [5.74, 6) is 0.997. The van der Waals surface area contributed by atoms with Gasteiger partial charge >= 0.3 is 0 Å². The summed E-state index contributed by atoms with van der Waals surface area (Å²) in [7, 11) is 0. The Balaban J connectivity index is 2.23. The zero-order chi connectivity index (χ0) is 13.6. The molecule has 0 saturated carbocycles. The molecule has 3 rings (SSSR count). The molecule has 2 unspecified atom stereocenters. The molecule has 2 heterocycles. The Morgan fingerprint density at radius 1 is 1.58 bits per heavy atom. The van der Waals surface area contributed by atoms with Crippen LogP contribution in [0.25, 0.3) is 11.0 Å². The monoisotopic (exact) mass is 279 g/mol. The first-order valence-corrected chi connectivity index (χ1v) is 6.93. The first-order chi connectivity index (χ1) is 9.06. The van der Waals surface area contributed by atoms with Crippen LogP contribution >= 0.6 is 11.6 Å². The molecule has 1 saturated heterocycles. The van der Waals surface area contributed by atoms with E-state index in [1.54, 1.807) is 0 Å². The van der Waals surface area contributed by atoms with Crippen molar-refractivity contribution in [3.8, 4) is 0 Å². The molecule has 2 atom stereocenters. The number of aromatic nitrogens is 2. The van der Waals surface area contributed by atoms with Crippen LogP contribution in [-0.4, -0.2) is 28.8 Å². The number of imidazole rings is 1. The maximum absolute atomic E-state index is 6.22. The van der Waals surface area contributed by atoms with E-state index < -0.39 is 0 Å². The van der Waals surface area contributed by atoms with E-state index in [1.165, 1.54) is 0 Å². The molecule has 2 aromatic rings. The van der Waals surface area contributed by atoms with E-state index in [1.807, 2.05) is 18.2 Å². The van der Waals surface area contributed by atoms with Crippen LogP contribution in [0.2, 0.25) is 5.02 Å². The third-order valence-electron chi connectivity index (χ3n) is 4.06. The normalized spacial score (nSPS) is 27.3. The van der Waals surface area contributed by atoms with E-state index in [0.29, 0.717) is 13.2 Å². The van der Waals surface area contributed by atoms with Crippen molar-refractivity contribution in [2.24, 2.45) is 5.73 Å². The predicted octanol–water partition coefficient (Wildman–Crippen LogP) is 2.32. The minimum atomic E-state index is -0.235. The summed E-state index contributed by atoms with van der Waals surface area (Å²) >= 11 is 6.09. The fourth-order valence-electron chi connectivity index (χ4n) is 2.77. The topological polar surface area (TPSA) is 53.1 Å². The van der Waals surface area contributed by atoms with E-state index in [-0.39, 0.29) is 11.5 Å². The Hall–Kier alpha value is -1.10. The second-order valence-electron chi connectivity index (χ2n) is 5.35. The molecule has 0 amide bonds. The smallest absolute Gasteiger partial charge is 0.119 e. The van der Waals surface area contributed by atoms with E-state index in [0.717, 1.165) is 28.4 Å². The van der Waals surface area contributed by atoms with Crippen LogP contribution in [0.3, 0.4) is 0 Å². The first-order valence-electron chi connectivity index (χ1n) is 6.56. The maximum Gasteiger partial charge on any atom is 0.119 e. The first kappa shape index (κ1) is 12.9. The van der Waals surface area contributed by atoms with E-state index >= 15 is 0 Å². The number of fused-ring (bicyclic) bond motifs is 1. The zero-order valence-corrected chi connectivity index (χ0v) is 11.9. The molecular formula is C14H18ClN3O. The van der Waals surface area contributed by atoms with Crippen LogP contribution in [0.5, 0.6) is 0 Å². The largest absolute Gasteiger partial charge is 0.379 e. The number of benzene rings is 1. The fourth-order valence-corrected chi connectivity index (χ4v) is 2.94. The molecule has 5 heteroatoms. The SMILES string of the molecule is CCn1c(C2(C)COCC2N)nc2ccc(Cl)cc21. The number of rotatable bonds is 2. The molecule has 1 aromatic heterocycles. The number of aryl methyl sites for hydroxylation is 1. The highest BCUT2D eigenvalue weighted by Crippen LogP contribution is 2.34. The highest BCUT2D eigenvalue weighted by atomic mass is 35.5. The van der Waals surface area contributed by atoms with Crippen molar-refractivity contribution < 1.29 is 4.74 Å². The average molecular weight is 280 g/mol. The molecule has 1 aliphatic rings. The van der Waals surface area contributed by atoms with Gasteiger partial charge in [0.15, 0.2) is 0 Å². The standard InChI is InChI=1S/C14H18ClN3O/c1-3-18-11-6-9(15)4-5-10(11)17-13(18)14(2)8-19-7-12(14)16/h4-6,12H,3,7-8,16H2,1-2H3. The molecule has 1 aromatic carbocycles. The third-order valence-corrected chi connectivity index (χ3v) is 4.29. The number of hydrogen-bond donors (Lipinski definition) is 1. The van der Waals surface area contributed by atoms with Crippen LogP contribution in [0, 0.1) is 0 Å². The summed E-state index contributed by atoms with van der Waals surface area (Å²) in [6, 6.07) is 5.76. The van der Waals surface area contributed by atoms with Crippen LogP contribution in [0.4, 0.5) is 0 Å². The van der Waals surface area contributed by atoms with E-state index in [2.05, 4.69) is 18.4 Å². The van der Waals surface area contributed by atoms with Gasteiger partial charge in [0.2, 0.25) is 0 Å². The van der Waals surface area contributed by atoms with Crippen molar-refractivity contribution in [3.63, 3.8) is 0 Å². The molecule has 1 fully saturated rings. The molecule has 0 spiro atoms. The Morgan fingerprint density at radius 2 is 2.37 bits per heavy atom. The molecule has 102 valence electrons. The Kier molecular flexibility index (Phi) is 3.04. The number of hydrogen-bond acceptors (Lipinski definition) is 3. The van der Waals surface area contributed by atoms with Gasteiger partial charge in [-0.05, 0) is 32.0 Å². The fraction of sp³-hybridized carbons (Fsp3) is 0.500. The van der Waals surface area contributed by atoms with E-state index in [4.69, 9.17) is 27.1 Å². The van der Waals surface area contributed by atoms with Gasteiger partial charge in [-0.25, -0.2) is 4.98 Å². The molecule has 19 heavy (non-hydrogen) atoms. The van der Waals surface area contributed by atoms with Gasteiger partial charge in [0.25, 0.3) is 0 Å². The highest BCUT2D eigenvalue weighted by molar-refractivity contribution is 6.31. The van der Waals surface area contributed by atoms with Gasteiger partial charge in [-0.2, -0.15) is 0 Å². The Morgan fingerprint density at radius 3 is 3.00 bits per heavy atom. The van der Waals surface area contributed by atoms with Gasteiger partial charge in [0, 0.05) is 17.6 Å². The molecule has 1 aliphatic heterocycles. The number of nitrogens with two attached hydrogens (primary N) is 1. The maximum atomic E-state index is 6.22. The van der Waals surface area contributed by atoms with Gasteiger partial charge in [-0.3, -0.25) is 0 Å². The lowest BCUT2D eigenvalue weighted by atomic mass is 9.85. The number of halogens is 1. The van der Waals surface area contributed by atoms with Gasteiger partial charge in [-0.15, -0.1) is 0 Å². The zero-order valence-electron chi connectivity index (χ0n) is 11.2. The minimum Gasteiger partial charge on any atom is -0.379 e. The van der Waals surface area contributed by atoms with Crippen LogP contribution in [0.1, 0.15) is 19.7 Å². The van der Waals surface area contributed by atoms with E-state index in [9.17, 15) is 0 Å².